The zero-order valence-corrected chi connectivity index (χ0v) is 12.4. The summed E-state index contributed by atoms with van der Waals surface area (Å²) in [6.07, 6.45) is -4.77. The van der Waals surface area contributed by atoms with Gasteiger partial charge in [-0.25, -0.2) is 0 Å². The molecule has 3 rings (SSSR count). The van der Waals surface area contributed by atoms with Gasteiger partial charge in [0.25, 0.3) is 0 Å². The summed E-state index contributed by atoms with van der Waals surface area (Å²) in [5, 5.41) is 24.9. The molecule has 2 aromatic rings. The predicted octanol–water partition coefficient (Wildman–Crippen LogP) is 3.01. The number of nitriles is 1. The summed E-state index contributed by atoms with van der Waals surface area (Å²) >= 11 is 5.88. The first-order valence-corrected chi connectivity index (χ1v) is 6.83. The van der Waals surface area contributed by atoms with E-state index in [-0.39, 0.29) is 21.9 Å². The van der Waals surface area contributed by atoms with Gasteiger partial charge in [0.05, 0.1) is 11.5 Å². The van der Waals surface area contributed by atoms with E-state index >= 15 is 0 Å². The molecule has 1 atom stereocenters. The van der Waals surface area contributed by atoms with Crippen LogP contribution in [0, 0.1) is 11.3 Å². The first-order chi connectivity index (χ1) is 11.2. The maximum absolute atomic E-state index is 13.3. The molecular formula is C14H8ClF3N4O2. The van der Waals surface area contributed by atoms with E-state index in [1.165, 1.54) is 18.2 Å². The largest absolute Gasteiger partial charge is 0.508 e. The van der Waals surface area contributed by atoms with Crippen LogP contribution < -0.4 is 10.5 Å². The van der Waals surface area contributed by atoms with Crippen molar-refractivity contribution in [2.24, 2.45) is 5.73 Å². The molecule has 1 aliphatic rings. The maximum atomic E-state index is 13.3. The second-order valence-electron chi connectivity index (χ2n) is 4.94. The number of phenolic OH excluding ortho intramolecular Hbond substituents is 1. The molecule has 0 unspecified atom stereocenters. The fraction of sp³-hybridized carbons (Fsp3) is 0.143. The Labute approximate surface area is 137 Å². The fourth-order valence-electron chi connectivity index (χ4n) is 2.53. The van der Waals surface area contributed by atoms with Crippen molar-refractivity contribution in [3.8, 4) is 17.7 Å². The Hall–Kier alpha value is -2.86. The summed E-state index contributed by atoms with van der Waals surface area (Å²) in [4.78, 5) is 0. The van der Waals surface area contributed by atoms with Crippen molar-refractivity contribution in [1.82, 2.24) is 10.2 Å². The second-order valence-corrected chi connectivity index (χ2v) is 5.38. The molecular weight excluding hydrogens is 349 g/mol. The van der Waals surface area contributed by atoms with Crippen LogP contribution >= 0.6 is 11.6 Å². The van der Waals surface area contributed by atoms with Gasteiger partial charge in [0.1, 0.15) is 23.1 Å². The summed E-state index contributed by atoms with van der Waals surface area (Å²) in [6.45, 7) is 0. The van der Waals surface area contributed by atoms with Crippen LogP contribution in [-0.2, 0) is 6.18 Å². The number of aromatic amines is 1. The molecule has 0 radical (unpaired) electrons. The molecule has 0 saturated carbocycles. The second kappa shape index (κ2) is 5.35. The van der Waals surface area contributed by atoms with Gasteiger partial charge in [-0.05, 0) is 18.2 Å². The molecule has 0 spiro atoms. The van der Waals surface area contributed by atoms with E-state index in [9.17, 15) is 23.5 Å². The van der Waals surface area contributed by atoms with Crippen molar-refractivity contribution >= 4 is 11.6 Å². The molecule has 0 aliphatic carbocycles. The molecule has 0 fully saturated rings. The van der Waals surface area contributed by atoms with E-state index < -0.39 is 35.1 Å². The number of alkyl halides is 3. The Balaban J connectivity index is 2.33. The molecule has 4 N–H and O–H groups in total. The van der Waals surface area contributed by atoms with Gasteiger partial charge in [-0.1, -0.05) is 11.6 Å². The van der Waals surface area contributed by atoms with Crippen LogP contribution in [0.3, 0.4) is 0 Å². The van der Waals surface area contributed by atoms with Gasteiger partial charge in [0.15, 0.2) is 0 Å². The van der Waals surface area contributed by atoms with Crippen LogP contribution in [0.2, 0.25) is 5.02 Å². The summed E-state index contributed by atoms with van der Waals surface area (Å²) in [5.41, 5.74) is 3.69. The minimum atomic E-state index is -4.77. The molecule has 0 bridgehead atoms. The molecule has 1 aromatic heterocycles. The maximum Gasteiger partial charge on any atom is 0.433 e. The third-order valence-electron chi connectivity index (χ3n) is 3.52. The van der Waals surface area contributed by atoms with Crippen LogP contribution in [0.25, 0.3) is 0 Å². The number of hydrogen-bond donors (Lipinski definition) is 3. The van der Waals surface area contributed by atoms with Crippen LogP contribution in [0.4, 0.5) is 13.2 Å². The van der Waals surface area contributed by atoms with E-state index in [0.29, 0.717) is 0 Å². The molecule has 0 saturated heterocycles. The molecule has 1 aliphatic heterocycles. The van der Waals surface area contributed by atoms with Crippen molar-refractivity contribution in [2.75, 3.05) is 0 Å². The van der Waals surface area contributed by atoms with Gasteiger partial charge in [-0.3, -0.25) is 5.10 Å². The Morgan fingerprint density at radius 2 is 2.12 bits per heavy atom. The van der Waals surface area contributed by atoms with Crippen LogP contribution in [0.5, 0.6) is 11.6 Å². The van der Waals surface area contributed by atoms with Gasteiger partial charge in [0, 0.05) is 10.6 Å². The Morgan fingerprint density at radius 1 is 1.42 bits per heavy atom. The average Bonchev–Trinajstić information content (AvgIpc) is 2.91. The number of benzene rings is 1. The zero-order chi connectivity index (χ0) is 17.6. The Morgan fingerprint density at radius 3 is 2.75 bits per heavy atom. The van der Waals surface area contributed by atoms with Crippen LogP contribution in [0.15, 0.2) is 29.7 Å². The SMILES string of the molecule is N#CC1=C(N)Oc2n[nH]c(C(F)(F)F)c2[C@H]1c1cc(Cl)ccc1O. The number of rotatable bonds is 1. The number of nitrogens with zero attached hydrogens (tertiary/aromatic N) is 2. The molecule has 0 amide bonds. The number of allylic oxidation sites excluding steroid dienone is 1. The van der Waals surface area contributed by atoms with Crippen LogP contribution in [0.1, 0.15) is 22.7 Å². The third-order valence-corrected chi connectivity index (χ3v) is 3.76. The third kappa shape index (κ3) is 2.41. The van der Waals surface area contributed by atoms with Crippen molar-refractivity contribution in [3.05, 3.63) is 51.5 Å². The van der Waals surface area contributed by atoms with Gasteiger partial charge < -0.3 is 15.6 Å². The average molecular weight is 357 g/mol. The molecule has 1 aromatic carbocycles. The minimum absolute atomic E-state index is 0.0153. The Bertz CT molecular complexity index is 898. The van der Waals surface area contributed by atoms with Gasteiger partial charge in [-0.15, -0.1) is 5.10 Å². The highest BCUT2D eigenvalue weighted by Gasteiger charge is 2.45. The van der Waals surface area contributed by atoms with Gasteiger partial charge in [0.2, 0.25) is 11.8 Å². The van der Waals surface area contributed by atoms with Gasteiger partial charge >= 0.3 is 6.18 Å². The number of halogens is 4. The monoisotopic (exact) mass is 356 g/mol. The summed E-state index contributed by atoms with van der Waals surface area (Å²) in [5.74, 6) is -2.47. The van der Waals surface area contributed by atoms with Crippen molar-refractivity contribution in [2.45, 2.75) is 12.1 Å². The molecule has 10 heteroatoms. The molecule has 124 valence electrons. The molecule has 2 heterocycles. The standard InChI is InChI=1S/C14H8ClF3N4O2/c15-5-1-2-8(23)6(3-5)9-7(4-19)12(20)24-13-10(9)11(21-22-13)14(16,17)18/h1-3,9,23H,20H2,(H,21,22)/t9-/m0/s1. The zero-order valence-electron chi connectivity index (χ0n) is 11.6. The highest BCUT2D eigenvalue weighted by molar-refractivity contribution is 6.30. The summed E-state index contributed by atoms with van der Waals surface area (Å²) in [6, 6.07) is 5.56. The first kappa shape index (κ1) is 16.0. The van der Waals surface area contributed by atoms with Crippen molar-refractivity contribution in [1.29, 1.82) is 5.26 Å². The number of H-pyrrole nitrogens is 1. The number of aromatic nitrogens is 2. The first-order valence-electron chi connectivity index (χ1n) is 6.45. The molecule has 6 nitrogen and oxygen atoms in total. The number of nitrogens with two attached hydrogens (primary N) is 1. The molecule has 24 heavy (non-hydrogen) atoms. The van der Waals surface area contributed by atoms with Crippen molar-refractivity contribution < 1.29 is 23.0 Å². The number of ether oxygens (including phenoxy) is 1. The minimum Gasteiger partial charge on any atom is -0.508 e. The number of nitrogens with one attached hydrogen (secondary N) is 1. The lowest BCUT2D eigenvalue weighted by Gasteiger charge is -2.25. The summed E-state index contributed by atoms with van der Waals surface area (Å²) < 4.78 is 44.8. The smallest absolute Gasteiger partial charge is 0.433 e. The van der Waals surface area contributed by atoms with E-state index in [0.717, 1.165) is 0 Å². The number of aromatic hydroxyl groups is 1. The number of fused-ring (bicyclic) bond motifs is 1. The quantitative estimate of drug-likeness (QED) is 0.728. The number of hydrogen-bond acceptors (Lipinski definition) is 5. The lowest BCUT2D eigenvalue weighted by Crippen LogP contribution is -2.23. The van der Waals surface area contributed by atoms with E-state index in [1.54, 1.807) is 6.07 Å². The van der Waals surface area contributed by atoms with E-state index in [1.807, 2.05) is 5.10 Å². The normalized spacial score (nSPS) is 17.2. The Kier molecular flexibility index (Phi) is 3.57. The van der Waals surface area contributed by atoms with Crippen LogP contribution in [-0.4, -0.2) is 15.3 Å². The predicted molar refractivity (Wildman–Crippen MR) is 76.0 cm³/mol. The topological polar surface area (TPSA) is 108 Å². The highest BCUT2D eigenvalue weighted by atomic mass is 35.5. The highest BCUT2D eigenvalue weighted by Crippen LogP contribution is 2.48. The fourth-order valence-corrected chi connectivity index (χ4v) is 2.71. The van der Waals surface area contributed by atoms with Crippen molar-refractivity contribution in [3.63, 3.8) is 0 Å². The van der Waals surface area contributed by atoms with E-state index in [4.69, 9.17) is 22.1 Å². The van der Waals surface area contributed by atoms with E-state index in [2.05, 4.69) is 5.10 Å². The number of phenols is 1. The summed E-state index contributed by atoms with van der Waals surface area (Å²) in [7, 11) is 0. The lowest BCUT2D eigenvalue weighted by atomic mass is 9.83. The van der Waals surface area contributed by atoms with Gasteiger partial charge in [-0.2, -0.15) is 18.4 Å². The lowest BCUT2D eigenvalue weighted by molar-refractivity contribution is -0.141.